The first-order chi connectivity index (χ1) is 9.43. The maximum absolute atomic E-state index is 5.49. The lowest BCUT2D eigenvalue weighted by Gasteiger charge is -2.06. The molecule has 1 N–H and O–H groups in total. The predicted molar refractivity (Wildman–Crippen MR) is 74.1 cm³/mol. The molecule has 0 aromatic carbocycles. The normalized spacial score (nSPS) is 10.8. The molecule has 1 rings (SSSR count). The maximum Gasteiger partial charge on any atom is 0.0700 e. The average Bonchev–Trinajstić information content (AvgIpc) is 2.46. The lowest BCUT2D eigenvalue weighted by molar-refractivity contribution is 0.0518. The van der Waals surface area contributed by atoms with E-state index in [-0.39, 0.29) is 0 Å². The number of pyridine rings is 1. The number of rotatable bonds is 12. The third kappa shape index (κ3) is 9.55. The van der Waals surface area contributed by atoms with Crippen molar-refractivity contribution in [2.24, 2.45) is 0 Å². The fourth-order valence-electron chi connectivity index (χ4n) is 1.49. The van der Waals surface area contributed by atoms with E-state index in [0.717, 1.165) is 39.3 Å². The molecule has 5 nitrogen and oxygen atoms in total. The minimum Gasteiger partial charge on any atom is -0.382 e. The van der Waals surface area contributed by atoms with Crippen molar-refractivity contribution >= 4 is 0 Å². The van der Waals surface area contributed by atoms with Gasteiger partial charge >= 0.3 is 0 Å². The standard InChI is InChI=1S/C14H24N2O3/c1-17-10-11-19-8-3-7-18-9-6-16-13-14-4-2-5-15-12-14/h2,4-5,12,16H,3,6-11,13H2,1H3. The van der Waals surface area contributed by atoms with Crippen LogP contribution in [-0.4, -0.2) is 51.7 Å². The first kappa shape index (κ1) is 16.0. The minimum atomic E-state index is 0.652. The fourth-order valence-corrected chi connectivity index (χ4v) is 1.49. The van der Waals surface area contributed by atoms with E-state index in [1.54, 1.807) is 13.3 Å². The summed E-state index contributed by atoms with van der Waals surface area (Å²) in [5.74, 6) is 0. The number of hydrogen-bond acceptors (Lipinski definition) is 5. The molecular formula is C14H24N2O3. The third-order valence-corrected chi connectivity index (χ3v) is 2.48. The minimum absolute atomic E-state index is 0.652. The van der Waals surface area contributed by atoms with E-state index in [1.165, 1.54) is 5.56 Å². The van der Waals surface area contributed by atoms with Crippen molar-refractivity contribution in [1.82, 2.24) is 10.3 Å². The lowest BCUT2D eigenvalue weighted by atomic mass is 10.3. The summed E-state index contributed by atoms with van der Waals surface area (Å²) >= 11 is 0. The number of ether oxygens (including phenoxy) is 3. The van der Waals surface area contributed by atoms with Gasteiger partial charge < -0.3 is 19.5 Å². The Balaban J connectivity index is 1.79. The summed E-state index contributed by atoms with van der Waals surface area (Å²) in [7, 11) is 1.67. The van der Waals surface area contributed by atoms with Crippen LogP contribution >= 0.6 is 0 Å². The molecule has 1 heterocycles. The van der Waals surface area contributed by atoms with Gasteiger partial charge in [-0.15, -0.1) is 0 Å². The number of methoxy groups -OCH3 is 1. The summed E-state index contributed by atoms with van der Waals surface area (Å²) in [6.45, 7) is 5.17. The van der Waals surface area contributed by atoms with Gasteiger partial charge in [0.25, 0.3) is 0 Å². The van der Waals surface area contributed by atoms with Crippen LogP contribution in [0.2, 0.25) is 0 Å². The van der Waals surface area contributed by atoms with Crippen LogP contribution in [0.1, 0.15) is 12.0 Å². The smallest absolute Gasteiger partial charge is 0.0700 e. The zero-order chi connectivity index (χ0) is 13.6. The van der Waals surface area contributed by atoms with Crippen LogP contribution in [-0.2, 0) is 20.8 Å². The highest BCUT2D eigenvalue weighted by molar-refractivity contribution is 5.07. The van der Waals surface area contributed by atoms with E-state index >= 15 is 0 Å². The molecule has 0 aliphatic rings. The van der Waals surface area contributed by atoms with Gasteiger partial charge in [-0.05, 0) is 18.1 Å². The molecule has 0 atom stereocenters. The number of nitrogens with zero attached hydrogens (tertiary/aromatic N) is 1. The molecule has 0 aliphatic carbocycles. The van der Waals surface area contributed by atoms with E-state index in [2.05, 4.69) is 16.4 Å². The molecule has 108 valence electrons. The number of nitrogens with one attached hydrogen (secondary N) is 1. The van der Waals surface area contributed by atoms with Crippen LogP contribution in [0.25, 0.3) is 0 Å². The Labute approximate surface area is 115 Å². The van der Waals surface area contributed by atoms with E-state index < -0.39 is 0 Å². The van der Waals surface area contributed by atoms with Gasteiger partial charge in [0.15, 0.2) is 0 Å². The van der Waals surface area contributed by atoms with Crippen molar-refractivity contribution in [1.29, 1.82) is 0 Å². The zero-order valence-corrected chi connectivity index (χ0v) is 11.6. The van der Waals surface area contributed by atoms with E-state index in [9.17, 15) is 0 Å². The summed E-state index contributed by atoms with van der Waals surface area (Å²) in [5.41, 5.74) is 1.19. The highest BCUT2D eigenvalue weighted by Gasteiger charge is 1.93. The van der Waals surface area contributed by atoms with Gasteiger partial charge in [-0.2, -0.15) is 0 Å². The van der Waals surface area contributed by atoms with Crippen molar-refractivity contribution in [3.8, 4) is 0 Å². The lowest BCUT2D eigenvalue weighted by Crippen LogP contribution is -2.19. The molecule has 5 heteroatoms. The van der Waals surface area contributed by atoms with Gasteiger partial charge in [0.1, 0.15) is 0 Å². The fraction of sp³-hybridized carbons (Fsp3) is 0.643. The topological polar surface area (TPSA) is 52.6 Å². The SMILES string of the molecule is COCCOCCCOCCNCc1cccnc1. The van der Waals surface area contributed by atoms with Crippen molar-refractivity contribution < 1.29 is 14.2 Å². The van der Waals surface area contributed by atoms with Crippen molar-refractivity contribution in [3.05, 3.63) is 30.1 Å². The molecular weight excluding hydrogens is 244 g/mol. The quantitative estimate of drug-likeness (QED) is 0.578. The monoisotopic (exact) mass is 268 g/mol. The third-order valence-electron chi connectivity index (χ3n) is 2.48. The molecule has 0 amide bonds. The summed E-state index contributed by atoms with van der Waals surface area (Å²) in [6, 6.07) is 4.00. The zero-order valence-electron chi connectivity index (χ0n) is 11.6. The van der Waals surface area contributed by atoms with Gasteiger partial charge in [0, 0.05) is 45.8 Å². The Morgan fingerprint density at radius 1 is 1.11 bits per heavy atom. The van der Waals surface area contributed by atoms with Crippen molar-refractivity contribution in [3.63, 3.8) is 0 Å². The first-order valence-electron chi connectivity index (χ1n) is 6.67. The molecule has 0 aliphatic heterocycles. The van der Waals surface area contributed by atoms with Crippen LogP contribution in [0.3, 0.4) is 0 Å². The largest absolute Gasteiger partial charge is 0.382 e. The molecule has 0 radical (unpaired) electrons. The molecule has 0 bridgehead atoms. The molecule has 19 heavy (non-hydrogen) atoms. The predicted octanol–water partition coefficient (Wildman–Crippen LogP) is 1.24. The molecule has 0 spiro atoms. The second kappa shape index (κ2) is 12.0. The summed E-state index contributed by atoms with van der Waals surface area (Å²) in [4.78, 5) is 4.06. The first-order valence-corrected chi connectivity index (χ1v) is 6.67. The number of hydrogen-bond donors (Lipinski definition) is 1. The van der Waals surface area contributed by atoms with Crippen molar-refractivity contribution in [2.75, 3.05) is 46.7 Å². The Hall–Kier alpha value is -1.01. The second-order valence-corrected chi connectivity index (χ2v) is 4.11. The van der Waals surface area contributed by atoms with Gasteiger partial charge in [0.05, 0.1) is 19.8 Å². The van der Waals surface area contributed by atoms with E-state index in [0.29, 0.717) is 13.2 Å². The molecule has 0 saturated heterocycles. The van der Waals surface area contributed by atoms with Crippen LogP contribution in [0.5, 0.6) is 0 Å². The molecule has 0 fully saturated rings. The van der Waals surface area contributed by atoms with Gasteiger partial charge in [0.2, 0.25) is 0 Å². The summed E-state index contributed by atoms with van der Waals surface area (Å²) in [6.07, 6.45) is 4.57. The molecule has 1 aromatic heterocycles. The Morgan fingerprint density at radius 3 is 2.68 bits per heavy atom. The van der Waals surface area contributed by atoms with E-state index in [1.807, 2.05) is 12.3 Å². The summed E-state index contributed by atoms with van der Waals surface area (Å²) < 4.78 is 15.7. The van der Waals surface area contributed by atoms with Crippen LogP contribution < -0.4 is 5.32 Å². The highest BCUT2D eigenvalue weighted by Crippen LogP contribution is 1.93. The van der Waals surface area contributed by atoms with Crippen LogP contribution in [0.4, 0.5) is 0 Å². The van der Waals surface area contributed by atoms with Crippen LogP contribution in [0.15, 0.2) is 24.5 Å². The molecule has 0 saturated carbocycles. The average molecular weight is 268 g/mol. The van der Waals surface area contributed by atoms with Gasteiger partial charge in [-0.25, -0.2) is 0 Å². The highest BCUT2D eigenvalue weighted by atomic mass is 16.5. The molecule has 1 aromatic rings. The van der Waals surface area contributed by atoms with Gasteiger partial charge in [-0.3, -0.25) is 4.98 Å². The van der Waals surface area contributed by atoms with Crippen molar-refractivity contribution in [2.45, 2.75) is 13.0 Å². The Morgan fingerprint density at radius 2 is 1.95 bits per heavy atom. The van der Waals surface area contributed by atoms with E-state index in [4.69, 9.17) is 14.2 Å². The Kier molecular flexibility index (Phi) is 10.2. The maximum atomic E-state index is 5.49. The van der Waals surface area contributed by atoms with Crippen LogP contribution in [0, 0.1) is 0 Å². The number of aromatic nitrogens is 1. The Bertz CT molecular complexity index is 296. The summed E-state index contributed by atoms with van der Waals surface area (Å²) in [5, 5.41) is 3.31. The second-order valence-electron chi connectivity index (χ2n) is 4.11. The molecule has 0 unspecified atom stereocenters. The van der Waals surface area contributed by atoms with Gasteiger partial charge in [-0.1, -0.05) is 6.07 Å².